The molecule has 1 amide bonds. The molecule has 32 heavy (non-hydrogen) atoms. The number of aliphatic hydroxyl groups excluding tert-OH is 1. The van der Waals surface area contributed by atoms with Crippen molar-refractivity contribution in [1.82, 2.24) is 5.32 Å². The average Bonchev–Trinajstić information content (AvgIpc) is 2.72. The smallest absolute Gasteiger partial charge is 0.251 e. The van der Waals surface area contributed by atoms with Gasteiger partial charge < -0.3 is 15.5 Å². The van der Waals surface area contributed by atoms with E-state index >= 15 is 4.39 Å². The molecule has 1 atom stereocenters. The minimum absolute atomic E-state index is 0.0654. The second-order valence-electron chi connectivity index (χ2n) is 9.48. The number of aromatic hydroxyl groups is 1. The molecule has 0 spiro atoms. The maximum absolute atomic E-state index is 15.1. The first-order valence-electron chi connectivity index (χ1n) is 11.6. The van der Waals surface area contributed by atoms with Gasteiger partial charge in [-0.25, -0.2) is 4.39 Å². The fraction of sp³-hybridized carbons (Fsp3) is 0.519. The van der Waals surface area contributed by atoms with E-state index in [1.165, 1.54) is 35.8 Å². The summed E-state index contributed by atoms with van der Waals surface area (Å²) in [6, 6.07) is 4.21. The summed E-state index contributed by atoms with van der Waals surface area (Å²) in [5.41, 5.74) is 3.39. The number of phenols is 1. The van der Waals surface area contributed by atoms with Crippen molar-refractivity contribution in [2.75, 3.05) is 6.54 Å². The molecule has 1 aromatic rings. The first kappa shape index (κ1) is 25.9. The molecule has 1 aromatic carbocycles. The minimum atomic E-state index is -0.514. The van der Waals surface area contributed by atoms with Gasteiger partial charge in [-0.3, -0.25) is 4.79 Å². The summed E-state index contributed by atoms with van der Waals surface area (Å²) in [6.07, 6.45) is 8.72. The fourth-order valence-electron chi connectivity index (χ4n) is 4.29. The Labute approximate surface area is 191 Å². The number of halogens is 1. The zero-order valence-electron chi connectivity index (χ0n) is 20.1. The normalized spacial score (nSPS) is 18.0. The van der Waals surface area contributed by atoms with Gasteiger partial charge in [0.25, 0.3) is 5.91 Å². The number of hydrogen-bond acceptors (Lipinski definition) is 3. The lowest BCUT2D eigenvalue weighted by molar-refractivity contribution is 0.0940. The number of amides is 1. The van der Waals surface area contributed by atoms with Gasteiger partial charge in [0, 0.05) is 12.1 Å². The third kappa shape index (κ3) is 6.80. The van der Waals surface area contributed by atoms with E-state index < -0.39 is 11.9 Å². The van der Waals surface area contributed by atoms with Gasteiger partial charge in [-0.15, -0.1) is 0 Å². The number of carbonyl (C=O) groups is 1. The molecule has 3 N–H and O–H groups in total. The van der Waals surface area contributed by atoms with Crippen molar-refractivity contribution in [3.05, 3.63) is 58.2 Å². The van der Waals surface area contributed by atoms with E-state index in [-0.39, 0.29) is 28.2 Å². The summed E-state index contributed by atoms with van der Waals surface area (Å²) >= 11 is 0. The molecule has 0 radical (unpaired) electrons. The van der Waals surface area contributed by atoms with Crippen molar-refractivity contribution in [2.24, 2.45) is 5.41 Å². The molecule has 0 saturated heterocycles. The molecule has 4 nitrogen and oxygen atoms in total. The van der Waals surface area contributed by atoms with Crippen LogP contribution in [0.4, 0.5) is 4.39 Å². The highest BCUT2D eigenvalue weighted by Crippen LogP contribution is 2.41. The Balaban J connectivity index is 2.12. The molecule has 0 bridgehead atoms. The predicted molar refractivity (Wildman–Crippen MR) is 129 cm³/mol. The lowest BCUT2D eigenvalue weighted by atomic mass is 9.72. The average molecular weight is 444 g/mol. The van der Waals surface area contributed by atoms with Crippen LogP contribution >= 0.6 is 0 Å². The van der Waals surface area contributed by atoms with Gasteiger partial charge in [-0.05, 0) is 80.7 Å². The number of aliphatic hydroxyl groups is 1. The quantitative estimate of drug-likeness (QED) is 0.384. The second kappa shape index (κ2) is 11.5. The first-order valence-corrected chi connectivity index (χ1v) is 11.6. The molecule has 0 aliphatic heterocycles. The third-order valence-electron chi connectivity index (χ3n) is 6.27. The zero-order chi connectivity index (χ0) is 23.9. The molecule has 1 aliphatic carbocycles. The van der Waals surface area contributed by atoms with Gasteiger partial charge >= 0.3 is 0 Å². The van der Waals surface area contributed by atoms with Crippen LogP contribution in [0, 0.1) is 5.41 Å². The van der Waals surface area contributed by atoms with Gasteiger partial charge in [0.2, 0.25) is 0 Å². The van der Waals surface area contributed by atoms with Crippen molar-refractivity contribution >= 4 is 11.7 Å². The van der Waals surface area contributed by atoms with E-state index in [1.54, 1.807) is 13.0 Å². The molecule has 2 rings (SSSR count). The van der Waals surface area contributed by atoms with Gasteiger partial charge in [0.15, 0.2) is 0 Å². The molecular weight excluding hydrogens is 405 g/mol. The molecule has 0 saturated carbocycles. The van der Waals surface area contributed by atoms with Crippen molar-refractivity contribution < 1.29 is 19.4 Å². The summed E-state index contributed by atoms with van der Waals surface area (Å²) in [4.78, 5) is 12.3. The Morgan fingerprint density at radius 2 is 2.03 bits per heavy atom. The topological polar surface area (TPSA) is 69.6 Å². The Bertz CT molecular complexity index is 911. The standard InChI is InChI=1S/C27H38FNO3/c1-6-8-21(30)14-16-29-26(32)20-11-12-22(24(31)17-20)25(28)19(3)10-13-23-18(2)9-7-15-27(23,4)5/h10-13,17,21,30-31H,6-9,14-16H2,1-5H3,(H,29,32)/b13-10+,25-19-. The molecule has 0 fully saturated rings. The van der Waals surface area contributed by atoms with Crippen LogP contribution in [0.2, 0.25) is 0 Å². The van der Waals surface area contributed by atoms with Crippen LogP contribution in [0.25, 0.3) is 5.83 Å². The third-order valence-corrected chi connectivity index (χ3v) is 6.27. The first-order chi connectivity index (χ1) is 15.1. The molecule has 0 heterocycles. The molecule has 5 heteroatoms. The Morgan fingerprint density at radius 3 is 2.66 bits per heavy atom. The predicted octanol–water partition coefficient (Wildman–Crippen LogP) is 6.46. The van der Waals surface area contributed by atoms with E-state index in [4.69, 9.17) is 0 Å². The van der Waals surface area contributed by atoms with E-state index in [1.807, 2.05) is 13.0 Å². The number of rotatable bonds is 9. The number of nitrogens with one attached hydrogen (secondary N) is 1. The van der Waals surface area contributed by atoms with Crippen LogP contribution in [-0.2, 0) is 0 Å². The number of hydrogen-bond donors (Lipinski definition) is 3. The van der Waals surface area contributed by atoms with E-state index in [0.717, 1.165) is 19.3 Å². The Kier molecular flexibility index (Phi) is 9.26. The number of carbonyl (C=O) groups excluding carboxylic acids is 1. The number of phenolic OH excluding ortho intramolecular Hbond substituents is 1. The maximum atomic E-state index is 15.1. The van der Waals surface area contributed by atoms with Gasteiger partial charge in [0.05, 0.1) is 11.7 Å². The highest BCUT2D eigenvalue weighted by Gasteiger charge is 2.26. The zero-order valence-corrected chi connectivity index (χ0v) is 20.1. The van der Waals surface area contributed by atoms with Crippen LogP contribution in [0.3, 0.4) is 0 Å². The van der Waals surface area contributed by atoms with Gasteiger partial charge in [-0.1, -0.05) is 44.9 Å². The lowest BCUT2D eigenvalue weighted by Crippen LogP contribution is -2.27. The summed E-state index contributed by atoms with van der Waals surface area (Å²) in [7, 11) is 0. The number of allylic oxidation sites excluding steroid dienone is 5. The van der Waals surface area contributed by atoms with E-state index in [9.17, 15) is 15.0 Å². The van der Waals surface area contributed by atoms with Gasteiger partial charge in [0.1, 0.15) is 11.6 Å². The fourth-order valence-corrected chi connectivity index (χ4v) is 4.29. The summed E-state index contributed by atoms with van der Waals surface area (Å²) in [6.45, 7) is 10.6. The molecular formula is C27H38FNO3. The lowest BCUT2D eigenvalue weighted by Gasteiger charge is -2.33. The molecule has 176 valence electrons. The van der Waals surface area contributed by atoms with Crippen LogP contribution in [0.1, 0.15) is 89.1 Å². The Morgan fingerprint density at radius 1 is 1.31 bits per heavy atom. The minimum Gasteiger partial charge on any atom is -0.507 e. The number of benzene rings is 1. The maximum Gasteiger partial charge on any atom is 0.251 e. The van der Waals surface area contributed by atoms with Crippen molar-refractivity contribution in [1.29, 1.82) is 0 Å². The largest absolute Gasteiger partial charge is 0.507 e. The van der Waals surface area contributed by atoms with Crippen LogP contribution < -0.4 is 5.32 Å². The SMILES string of the molecule is CCCC(O)CCNC(=O)c1ccc(/C(F)=C(C)/C=C/C2=C(C)CCCC2(C)C)c(O)c1. The van der Waals surface area contributed by atoms with E-state index in [2.05, 4.69) is 26.1 Å². The molecule has 1 aliphatic rings. The summed E-state index contributed by atoms with van der Waals surface area (Å²) in [5, 5.41) is 22.8. The van der Waals surface area contributed by atoms with Crippen LogP contribution in [0.15, 0.2) is 47.1 Å². The van der Waals surface area contributed by atoms with Gasteiger partial charge in [-0.2, -0.15) is 0 Å². The van der Waals surface area contributed by atoms with Crippen LogP contribution in [0.5, 0.6) is 5.75 Å². The van der Waals surface area contributed by atoms with E-state index in [0.29, 0.717) is 25.0 Å². The van der Waals surface area contributed by atoms with Crippen molar-refractivity contribution in [2.45, 2.75) is 79.2 Å². The van der Waals surface area contributed by atoms with Crippen molar-refractivity contribution in [3.63, 3.8) is 0 Å². The summed E-state index contributed by atoms with van der Waals surface area (Å²) in [5.74, 6) is -1.15. The van der Waals surface area contributed by atoms with Crippen LogP contribution in [-0.4, -0.2) is 28.8 Å². The van der Waals surface area contributed by atoms with Crippen molar-refractivity contribution in [3.8, 4) is 5.75 Å². The monoisotopic (exact) mass is 443 g/mol. The Hall–Kier alpha value is -2.40. The highest BCUT2D eigenvalue weighted by atomic mass is 19.1. The molecule has 1 unspecified atom stereocenters. The summed E-state index contributed by atoms with van der Waals surface area (Å²) < 4.78 is 15.1. The second-order valence-corrected chi connectivity index (χ2v) is 9.48. The molecule has 0 aromatic heterocycles. The highest BCUT2D eigenvalue weighted by molar-refractivity contribution is 5.95.